The van der Waals surface area contributed by atoms with Gasteiger partial charge in [0.15, 0.2) is 6.61 Å². The molecule has 2 amide bonds. The van der Waals surface area contributed by atoms with Gasteiger partial charge in [0.05, 0.1) is 32.7 Å². The zero-order valence-electron chi connectivity index (χ0n) is 17.0. The van der Waals surface area contributed by atoms with Gasteiger partial charge in [0, 0.05) is 14.1 Å². The van der Waals surface area contributed by atoms with Crippen molar-refractivity contribution in [3.8, 4) is 11.5 Å². The van der Waals surface area contributed by atoms with Crippen LogP contribution in [0.2, 0.25) is 0 Å². The molecule has 0 saturated carbocycles. The third-order valence-electron chi connectivity index (χ3n) is 4.68. The number of carbonyl (C=O) groups is 2. The van der Waals surface area contributed by atoms with Crippen LogP contribution in [-0.2, 0) is 4.79 Å². The lowest BCUT2D eigenvalue weighted by molar-refractivity contribution is -0.922. The monoisotopic (exact) mass is 493 g/mol. The third-order valence-corrected chi connectivity index (χ3v) is 4.68. The Labute approximate surface area is 179 Å². The number of halogens is 1. The van der Waals surface area contributed by atoms with Gasteiger partial charge in [-0.15, -0.1) is 0 Å². The van der Waals surface area contributed by atoms with Crippen molar-refractivity contribution in [1.82, 2.24) is 10.2 Å². The number of nitrogens with one attached hydrogen (secondary N) is 1. The third kappa shape index (κ3) is 8.79. The molecule has 0 atom stereocenters. The van der Waals surface area contributed by atoms with Gasteiger partial charge < -0.3 is 48.2 Å². The van der Waals surface area contributed by atoms with E-state index in [0.717, 1.165) is 30.7 Å². The number of benzene rings is 1. The van der Waals surface area contributed by atoms with E-state index in [0.29, 0.717) is 18.0 Å². The maximum Gasteiger partial charge on any atom is 0.414 e. The maximum atomic E-state index is 11.9. The van der Waals surface area contributed by atoms with E-state index in [1.165, 1.54) is 4.90 Å². The number of likely N-dealkylation sites (N-methyl/N-ethyl adjacent to an activating group) is 1. The summed E-state index contributed by atoms with van der Waals surface area (Å²) in [5.41, 5.74) is 0. The minimum atomic E-state index is -0.446. The molecule has 0 fully saturated rings. The molecule has 154 valence electrons. The highest BCUT2D eigenvalue weighted by Gasteiger charge is 2.20. The molecule has 0 bridgehead atoms. The average molecular weight is 493 g/mol. The first-order chi connectivity index (χ1) is 12.4. The van der Waals surface area contributed by atoms with Crippen molar-refractivity contribution in [1.29, 1.82) is 0 Å². The van der Waals surface area contributed by atoms with E-state index in [1.807, 2.05) is 0 Å². The number of nitrogens with zero attached hydrogens (tertiary/aromatic N) is 2. The Hall–Kier alpha value is -1.55. The molecule has 27 heavy (non-hydrogen) atoms. The summed E-state index contributed by atoms with van der Waals surface area (Å²) in [5, 5.41) is 2.91. The molecule has 0 spiro atoms. The molecule has 0 radical (unpaired) electrons. The highest BCUT2D eigenvalue weighted by Crippen LogP contribution is 2.18. The van der Waals surface area contributed by atoms with Gasteiger partial charge in [0.2, 0.25) is 0 Å². The van der Waals surface area contributed by atoms with Gasteiger partial charge in [-0.25, -0.2) is 4.79 Å². The zero-order chi connectivity index (χ0) is 19.6. The lowest BCUT2D eigenvalue weighted by Gasteiger charge is -2.35. The highest BCUT2D eigenvalue weighted by atomic mass is 127. The van der Waals surface area contributed by atoms with Crippen molar-refractivity contribution in [2.75, 3.05) is 53.4 Å². The van der Waals surface area contributed by atoms with Crippen molar-refractivity contribution in [2.24, 2.45) is 0 Å². The molecule has 0 aliphatic carbocycles. The molecule has 0 unspecified atom stereocenters. The molecule has 8 heteroatoms. The van der Waals surface area contributed by atoms with Crippen LogP contribution in [0.15, 0.2) is 24.3 Å². The Morgan fingerprint density at radius 2 is 1.52 bits per heavy atom. The first-order valence-electron chi connectivity index (χ1n) is 9.09. The van der Waals surface area contributed by atoms with Crippen LogP contribution in [0.4, 0.5) is 4.79 Å². The van der Waals surface area contributed by atoms with Crippen LogP contribution in [0.5, 0.6) is 11.5 Å². The van der Waals surface area contributed by atoms with Crippen LogP contribution in [0.25, 0.3) is 0 Å². The SMILES string of the molecule is CC[N+](CC)(CC)CCNC(=O)COc1ccc(OC(=O)N(C)C)cc1.[I-]. The Morgan fingerprint density at radius 3 is 2.00 bits per heavy atom. The predicted octanol–water partition coefficient (Wildman–Crippen LogP) is -0.877. The van der Waals surface area contributed by atoms with Gasteiger partial charge in [-0.3, -0.25) is 4.79 Å². The van der Waals surface area contributed by atoms with Gasteiger partial charge >= 0.3 is 6.09 Å². The molecule has 0 saturated heterocycles. The second-order valence-corrected chi connectivity index (χ2v) is 6.39. The van der Waals surface area contributed by atoms with Crippen molar-refractivity contribution < 1.29 is 47.5 Å². The average Bonchev–Trinajstić information content (AvgIpc) is 2.65. The summed E-state index contributed by atoms with van der Waals surface area (Å²) >= 11 is 0. The van der Waals surface area contributed by atoms with E-state index in [-0.39, 0.29) is 36.5 Å². The van der Waals surface area contributed by atoms with Crippen LogP contribution in [-0.4, -0.2) is 74.8 Å². The lowest BCUT2D eigenvalue weighted by atomic mass is 10.3. The number of carbonyl (C=O) groups excluding carboxylic acids is 2. The largest absolute Gasteiger partial charge is 1.00 e. The van der Waals surface area contributed by atoms with Crippen LogP contribution in [0, 0.1) is 0 Å². The molecule has 1 N–H and O–H groups in total. The fourth-order valence-corrected chi connectivity index (χ4v) is 2.57. The fraction of sp³-hybridized carbons (Fsp3) is 0.579. The Bertz CT molecular complexity index is 567. The van der Waals surface area contributed by atoms with E-state index in [9.17, 15) is 9.59 Å². The molecule has 0 heterocycles. The van der Waals surface area contributed by atoms with Crippen LogP contribution in [0.3, 0.4) is 0 Å². The van der Waals surface area contributed by atoms with Gasteiger partial charge in [-0.1, -0.05) is 0 Å². The van der Waals surface area contributed by atoms with Gasteiger partial charge in [-0.2, -0.15) is 0 Å². The topological polar surface area (TPSA) is 67.9 Å². The zero-order valence-corrected chi connectivity index (χ0v) is 19.1. The first-order valence-corrected chi connectivity index (χ1v) is 9.09. The van der Waals surface area contributed by atoms with Crippen molar-refractivity contribution >= 4 is 12.0 Å². The second kappa shape index (κ2) is 12.8. The molecule has 0 aliphatic heterocycles. The molecule has 1 aromatic carbocycles. The summed E-state index contributed by atoms with van der Waals surface area (Å²) in [5.74, 6) is 0.827. The number of ether oxygens (including phenoxy) is 2. The molecular weight excluding hydrogens is 461 g/mol. The maximum absolute atomic E-state index is 11.9. The molecular formula is C19H32IN3O4. The summed E-state index contributed by atoms with van der Waals surface area (Å²) in [6, 6.07) is 6.59. The summed E-state index contributed by atoms with van der Waals surface area (Å²) < 4.78 is 11.6. The van der Waals surface area contributed by atoms with E-state index >= 15 is 0 Å². The van der Waals surface area contributed by atoms with Gasteiger partial charge in [0.25, 0.3) is 5.91 Å². The number of hydrogen-bond donors (Lipinski definition) is 1. The number of hydrogen-bond acceptors (Lipinski definition) is 4. The number of amides is 2. The molecule has 0 aliphatic rings. The molecule has 0 aromatic heterocycles. The summed E-state index contributed by atoms with van der Waals surface area (Å²) in [4.78, 5) is 24.7. The van der Waals surface area contributed by atoms with Crippen molar-refractivity contribution in [3.05, 3.63) is 24.3 Å². The minimum Gasteiger partial charge on any atom is -1.00 e. The van der Waals surface area contributed by atoms with Crippen LogP contribution >= 0.6 is 0 Å². The Kier molecular flexibility index (Phi) is 12.0. The minimum absolute atomic E-state index is 0. The van der Waals surface area contributed by atoms with Crippen molar-refractivity contribution in [3.63, 3.8) is 0 Å². The van der Waals surface area contributed by atoms with E-state index in [1.54, 1.807) is 38.4 Å². The molecule has 1 aromatic rings. The first kappa shape index (κ1) is 25.4. The van der Waals surface area contributed by atoms with E-state index in [2.05, 4.69) is 26.1 Å². The van der Waals surface area contributed by atoms with Crippen molar-refractivity contribution in [2.45, 2.75) is 20.8 Å². The lowest BCUT2D eigenvalue weighted by Crippen LogP contribution is -3.00. The fourth-order valence-electron chi connectivity index (χ4n) is 2.57. The van der Waals surface area contributed by atoms with Crippen LogP contribution in [0.1, 0.15) is 20.8 Å². The van der Waals surface area contributed by atoms with Gasteiger partial charge in [0.1, 0.15) is 11.5 Å². The number of rotatable bonds is 10. The standard InChI is InChI=1S/C19H31N3O4.HI/c1-6-22(7-2,8-3)14-13-20-18(23)15-25-16-9-11-17(12-10-16)26-19(24)21(4)5;/h9-12H,6-8,13-15H2,1-5H3;1H. The smallest absolute Gasteiger partial charge is 0.414 e. The predicted molar refractivity (Wildman–Crippen MR) is 101 cm³/mol. The Morgan fingerprint density at radius 1 is 1.00 bits per heavy atom. The molecule has 7 nitrogen and oxygen atoms in total. The summed E-state index contributed by atoms with van der Waals surface area (Å²) in [6.07, 6.45) is -0.446. The van der Waals surface area contributed by atoms with E-state index < -0.39 is 6.09 Å². The molecule has 1 rings (SSSR count). The second-order valence-electron chi connectivity index (χ2n) is 6.39. The normalized spacial score (nSPS) is 10.6. The van der Waals surface area contributed by atoms with E-state index in [4.69, 9.17) is 9.47 Å². The number of quaternary nitrogens is 1. The highest BCUT2D eigenvalue weighted by molar-refractivity contribution is 5.77. The van der Waals surface area contributed by atoms with Crippen LogP contribution < -0.4 is 38.8 Å². The quantitative estimate of drug-likeness (QED) is 0.340. The Balaban J connectivity index is 0.00000676. The summed E-state index contributed by atoms with van der Waals surface area (Å²) in [7, 11) is 3.23. The van der Waals surface area contributed by atoms with Gasteiger partial charge in [-0.05, 0) is 45.0 Å². The summed E-state index contributed by atoms with van der Waals surface area (Å²) in [6.45, 7) is 11.2.